The summed E-state index contributed by atoms with van der Waals surface area (Å²) >= 11 is 0. The summed E-state index contributed by atoms with van der Waals surface area (Å²) in [6.45, 7) is 1.57. The zero-order chi connectivity index (χ0) is 23.7. The molecule has 4 N–H and O–H groups in total. The molecule has 0 aliphatic carbocycles. The van der Waals surface area contributed by atoms with E-state index < -0.39 is 35.0 Å². The van der Waals surface area contributed by atoms with Crippen LogP contribution in [0, 0.1) is 10.1 Å². The number of nitrogens with one attached hydrogen (secondary N) is 2. The number of carboxylic acid groups (broad SMARTS) is 2. The molecule has 1 heterocycles. The lowest BCUT2D eigenvalue weighted by atomic mass is 9.99. The van der Waals surface area contributed by atoms with E-state index in [-0.39, 0.29) is 43.4 Å². The van der Waals surface area contributed by atoms with Crippen LogP contribution in [0.1, 0.15) is 44.1 Å². The van der Waals surface area contributed by atoms with Crippen molar-refractivity contribution in [3.05, 3.63) is 27.8 Å². The highest BCUT2D eigenvalue weighted by Gasteiger charge is 2.27. The highest BCUT2D eigenvalue weighted by Crippen LogP contribution is 2.40. The van der Waals surface area contributed by atoms with Crippen molar-refractivity contribution >= 4 is 23.7 Å². The molecule has 1 aliphatic rings. The Kier molecular flexibility index (Phi) is 9.01. The number of carboxylic acids is 2. The van der Waals surface area contributed by atoms with E-state index in [9.17, 15) is 29.6 Å². The van der Waals surface area contributed by atoms with E-state index in [1.165, 1.54) is 12.1 Å². The van der Waals surface area contributed by atoms with Gasteiger partial charge in [0.15, 0.2) is 17.7 Å². The Morgan fingerprint density at radius 1 is 1.19 bits per heavy atom. The molecule has 0 saturated carbocycles. The van der Waals surface area contributed by atoms with Crippen molar-refractivity contribution in [3.8, 4) is 11.5 Å². The predicted molar refractivity (Wildman–Crippen MR) is 108 cm³/mol. The summed E-state index contributed by atoms with van der Waals surface area (Å²) in [5.41, 5.74) is 0.0695. The lowest BCUT2D eigenvalue weighted by Gasteiger charge is -2.18. The number of hydrogen-bond donors (Lipinski definition) is 4. The number of hydrogen-bond acceptors (Lipinski definition) is 9. The molecule has 1 aromatic carbocycles. The normalized spacial score (nSPS) is 13.8. The second-order valence-corrected chi connectivity index (χ2v) is 7.10. The van der Waals surface area contributed by atoms with Crippen molar-refractivity contribution in [2.24, 2.45) is 0 Å². The van der Waals surface area contributed by atoms with Gasteiger partial charge in [0.25, 0.3) is 5.69 Å². The van der Waals surface area contributed by atoms with Gasteiger partial charge >= 0.3 is 18.0 Å². The number of carbonyl (C=O) groups is 3. The van der Waals surface area contributed by atoms with Gasteiger partial charge in [-0.1, -0.05) is 13.3 Å². The largest absolute Gasteiger partial charge is 0.481 e. The zero-order valence-electron chi connectivity index (χ0n) is 17.4. The van der Waals surface area contributed by atoms with E-state index >= 15 is 0 Å². The molecule has 1 amide bonds. The van der Waals surface area contributed by atoms with E-state index in [1.54, 1.807) is 6.92 Å². The lowest BCUT2D eigenvalue weighted by Crippen LogP contribution is -2.51. The molecule has 2 rings (SSSR count). The monoisotopic (exact) mass is 455 g/mol. The second kappa shape index (κ2) is 11.7. The number of alkyl carbamates (subject to hydrolysis) is 1. The molecule has 1 aromatic rings. The maximum atomic E-state index is 12.0. The van der Waals surface area contributed by atoms with E-state index in [0.717, 1.165) is 0 Å². The van der Waals surface area contributed by atoms with Crippen LogP contribution in [0.25, 0.3) is 0 Å². The van der Waals surface area contributed by atoms with Crippen molar-refractivity contribution < 1.29 is 43.7 Å². The number of nitro benzene ring substituents is 1. The Morgan fingerprint density at radius 3 is 2.50 bits per heavy atom. The maximum absolute atomic E-state index is 12.0. The van der Waals surface area contributed by atoms with Gasteiger partial charge in [0.1, 0.15) is 6.61 Å². The molecule has 13 nitrogen and oxygen atoms in total. The number of carbonyl (C=O) groups excluding carboxylic acids is 1. The molecule has 0 radical (unpaired) electrons. The van der Waals surface area contributed by atoms with E-state index in [4.69, 9.17) is 19.3 Å². The van der Waals surface area contributed by atoms with Crippen LogP contribution in [-0.2, 0) is 14.3 Å². The molecule has 32 heavy (non-hydrogen) atoms. The molecule has 176 valence electrons. The topological polar surface area (TPSA) is 187 Å². The fraction of sp³-hybridized carbons (Fsp3) is 0.526. The first kappa shape index (κ1) is 24.7. The average molecular weight is 455 g/mol. The molecule has 2 unspecified atom stereocenters. The number of benzene rings is 1. The number of nitrogens with zero attached hydrogens (tertiary/aromatic N) is 1. The van der Waals surface area contributed by atoms with Crippen molar-refractivity contribution in [1.82, 2.24) is 10.6 Å². The number of rotatable bonds is 13. The van der Waals surface area contributed by atoms with Crippen LogP contribution in [0.4, 0.5) is 10.5 Å². The number of amides is 1. The molecule has 0 fully saturated rings. The van der Waals surface area contributed by atoms with Gasteiger partial charge in [0, 0.05) is 17.9 Å². The molecular weight excluding hydrogens is 430 g/mol. The third-order valence-corrected chi connectivity index (χ3v) is 4.64. The summed E-state index contributed by atoms with van der Waals surface area (Å²) in [6, 6.07) is 2.70. The van der Waals surface area contributed by atoms with Gasteiger partial charge in [-0.05, 0) is 25.5 Å². The summed E-state index contributed by atoms with van der Waals surface area (Å²) in [4.78, 5) is 44.6. The van der Waals surface area contributed by atoms with Crippen molar-refractivity contribution in [2.45, 2.75) is 44.7 Å². The Bertz CT molecular complexity index is 860. The number of nitro groups is 1. The first-order chi connectivity index (χ1) is 15.2. The van der Waals surface area contributed by atoms with E-state index in [1.807, 2.05) is 0 Å². The van der Waals surface area contributed by atoms with Gasteiger partial charge in [-0.25, -0.2) is 9.59 Å². The van der Waals surface area contributed by atoms with Gasteiger partial charge in [-0.3, -0.25) is 25.5 Å². The molecule has 1 aliphatic heterocycles. The van der Waals surface area contributed by atoms with Crippen LogP contribution in [0.2, 0.25) is 0 Å². The number of ether oxygens (including phenoxy) is 3. The number of fused-ring (bicyclic) bond motifs is 1. The molecule has 0 aromatic heterocycles. The van der Waals surface area contributed by atoms with Crippen LogP contribution in [0.5, 0.6) is 11.5 Å². The average Bonchev–Trinajstić information content (AvgIpc) is 3.19. The minimum Gasteiger partial charge on any atom is -0.481 e. The first-order valence-corrected chi connectivity index (χ1v) is 9.88. The molecule has 0 spiro atoms. The third kappa shape index (κ3) is 7.27. The summed E-state index contributed by atoms with van der Waals surface area (Å²) < 4.78 is 15.4. The molecule has 13 heteroatoms. The Hall–Kier alpha value is -3.61. The van der Waals surface area contributed by atoms with Crippen molar-refractivity contribution in [3.63, 3.8) is 0 Å². The Morgan fingerprint density at radius 2 is 1.88 bits per heavy atom. The molecule has 0 saturated heterocycles. The van der Waals surface area contributed by atoms with Crippen LogP contribution >= 0.6 is 0 Å². The van der Waals surface area contributed by atoms with Crippen molar-refractivity contribution in [1.29, 1.82) is 0 Å². The predicted octanol–water partition coefficient (Wildman–Crippen LogP) is 1.80. The summed E-state index contributed by atoms with van der Waals surface area (Å²) in [6.07, 6.45) is -0.801. The fourth-order valence-electron chi connectivity index (χ4n) is 2.97. The van der Waals surface area contributed by atoms with Gasteiger partial charge < -0.3 is 24.4 Å². The first-order valence-electron chi connectivity index (χ1n) is 9.88. The highest BCUT2D eigenvalue weighted by molar-refractivity contribution is 5.79. The summed E-state index contributed by atoms with van der Waals surface area (Å²) in [5.74, 6) is -2.20. The van der Waals surface area contributed by atoms with Crippen LogP contribution in [0.3, 0.4) is 0 Å². The Balaban J connectivity index is 1.85. The number of aliphatic carboxylic acids is 2. The van der Waals surface area contributed by atoms with Gasteiger partial charge in [0.05, 0.1) is 11.0 Å². The maximum Gasteiger partial charge on any atom is 0.408 e. The quantitative estimate of drug-likeness (QED) is 0.147. The molecular formula is C19H25N3O10. The zero-order valence-corrected chi connectivity index (χ0v) is 17.4. The van der Waals surface area contributed by atoms with Crippen LogP contribution in [0.15, 0.2) is 12.1 Å². The van der Waals surface area contributed by atoms with Gasteiger partial charge in [0.2, 0.25) is 6.79 Å². The fourth-order valence-corrected chi connectivity index (χ4v) is 2.97. The SMILES string of the molecule is CC(COC(=O)NC(NCCCCCC(=O)O)C(=O)O)c1cc2c(cc1[N+](=O)[O-])OCO2. The minimum atomic E-state index is -1.41. The Labute approximate surface area is 182 Å². The molecule has 0 bridgehead atoms. The molecule has 2 atom stereocenters. The minimum absolute atomic E-state index is 0.0344. The third-order valence-electron chi connectivity index (χ3n) is 4.64. The van der Waals surface area contributed by atoms with E-state index in [0.29, 0.717) is 25.0 Å². The lowest BCUT2D eigenvalue weighted by molar-refractivity contribution is -0.385. The van der Waals surface area contributed by atoms with E-state index in [2.05, 4.69) is 10.6 Å². The number of unbranched alkanes of at least 4 members (excludes halogenated alkanes) is 2. The smallest absolute Gasteiger partial charge is 0.408 e. The summed E-state index contributed by atoms with van der Waals surface area (Å²) in [5, 5.41) is 34.0. The van der Waals surface area contributed by atoms with Gasteiger partial charge in [-0.15, -0.1) is 0 Å². The van der Waals surface area contributed by atoms with Crippen LogP contribution < -0.4 is 20.1 Å². The summed E-state index contributed by atoms with van der Waals surface area (Å²) in [7, 11) is 0. The van der Waals surface area contributed by atoms with Crippen LogP contribution in [-0.4, -0.2) is 59.3 Å². The second-order valence-electron chi connectivity index (χ2n) is 7.10. The highest BCUT2D eigenvalue weighted by atomic mass is 16.7. The standard InChI is InChI=1S/C19H25N3O10/c1-11(12-7-14-15(32-10-31-14)8-13(12)22(28)29)9-30-19(27)21-17(18(25)26)20-6-4-2-3-5-16(23)24/h7-8,11,17,20H,2-6,9-10H2,1H3,(H,21,27)(H,23,24)(H,25,26). The van der Waals surface area contributed by atoms with Crippen molar-refractivity contribution in [2.75, 3.05) is 19.9 Å². The van der Waals surface area contributed by atoms with Gasteiger partial charge in [-0.2, -0.15) is 0 Å².